The van der Waals surface area contributed by atoms with Crippen molar-refractivity contribution in [3.8, 4) is 0 Å². The number of benzene rings is 1. The van der Waals surface area contributed by atoms with Crippen LogP contribution in [0.1, 0.15) is 38.7 Å². The number of aryl methyl sites for hydroxylation is 1. The van der Waals surface area contributed by atoms with Crippen LogP contribution in [-0.4, -0.2) is 25.9 Å². The second-order valence-corrected chi connectivity index (χ2v) is 6.68. The van der Waals surface area contributed by atoms with Gasteiger partial charge in [0.15, 0.2) is 5.16 Å². The molecule has 0 unspecified atom stereocenters. The molecule has 0 fully saturated rings. The fourth-order valence-electron chi connectivity index (χ4n) is 2.09. The van der Waals surface area contributed by atoms with Gasteiger partial charge in [-0.2, -0.15) is 0 Å². The summed E-state index contributed by atoms with van der Waals surface area (Å²) in [6.07, 6.45) is 2.67. The summed E-state index contributed by atoms with van der Waals surface area (Å²) in [5.74, 6) is 0.391. The summed E-state index contributed by atoms with van der Waals surface area (Å²) in [6, 6.07) is 7.99. The van der Waals surface area contributed by atoms with Crippen molar-refractivity contribution in [1.29, 1.82) is 0 Å². The van der Waals surface area contributed by atoms with Crippen LogP contribution in [0.2, 0.25) is 0 Å². The van der Waals surface area contributed by atoms with E-state index in [9.17, 15) is 4.79 Å². The van der Waals surface area contributed by atoms with Gasteiger partial charge in [-0.25, -0.2) is 0 Å². The normalized spacial score (nSPS) is 13.6. The molecule has 2 atom stereocenters. The molecule has 118 valence electrons. The predicted octanol–water partition coefficient (Wildman–Crippen LogP) is 3.45. The molecule has 2 aromatic rings. The number of aromatic nitrogens is 3. The molecule has 0 aliphatic rings. The first-order valence-corrected chi connectivity index (χ1v) is 8.31. The molecule has 2 rings (SSSR count). The van der Waals surface area contributed by atoms with E-state index in [-0.39, 0.29) is 11.2 Å². The number of para-hydroxylation sites is 1. The number of carbonyl (C=O) groups excluding carboxylic acids is 1. The number of thioether (sulfide) groups is 1. The molecule has 1 aromatic heterocycles. The molecule has 0 spiro atoms. The average molecular weight is 318 g/mol. The standard InChI is InChI=1S/C16H22N4OS/c1-5-11(2)13-8-6-7-9-14(13)18-15(21)12(3)22-16-19-17-10-20(16)4/h6-12H,5H2,1-4H3,(H,18,21)/t11-,12-/m0/s1. The maximum Gasteiger partial charge on any atom is 0.237 e. The molecule has 1 N–H and O–H groups in total. The Kier molecular flexibility index (Phi) is 5.60. The van der Waals surface area contributed by atoms with Crippen molar-refractivity contribution in [2.24, 2.45) is 7.05 Å². The van der Waals surface area contributed by atoms with Crippen LogP contribution in [0, 0.1) is 0 Å². The molecule has 0 radical (unpaired) electrons. The van der Waals surface area contributed by atoms with Crippen LogP contribution >= 0.6 is 11.8 Å². The minimum Gasteiger partial charge on any atom is -0.325 e. The Morgan fingerprint density at radius 1 is 1.36 bits per heavy atom. The minimum absolute atomic E-state index is 0.0243. The SMILES string of the molecule is CC[C@H](C)c1ccccc1NC(=O)[C@H](C)Sc1nncn1C. The number of nitrogens with one attached hydrogen (secondary N) is 1. The van der Waals surface area contributed by atoms with Crippen LogP contribution in [0.5, 0.6) is 0 Å². The van der Waals surface area contributed by atoms with Gasteiger partial charge < -0.3 is 9.88 Å². The third-order valence-electron chi connectivity index (χ3n) is 3.68. The van der Waals surface area contributed by atoms with Crippen molar-refractivity contribution in [1.82, 2.24) is 14.8 Å². The topological polar surface area (TPSA) is 59.8 Å². The highest BCUT2D eigenvalue weighted by Gasteiger charge is 2.19. The van der Waals surface area contributed by atoms with Crippen LogP contribution in [-0.2, 0) is 11.8 Å². The van der Waals surface area contributed by atoms with Crippen LogP contribution in [0.4, 0.5) is 5.69 Å². The summed E-state index contributed by atoms with van der Waals surface area (Å²) in [5.41, 5.74) is 2.07. The van der Waals surface area contributed by atoms with Crippen molar-refractivity contribution in [2.45, 2.75) is 43.5 Å². The van der Waals surface area contributed by atoms with E-state index in [0.29, 0.717) is 5.92 Å². The van der Waals surface area contributed by atoms with E-state index in [1.165, 1.54) is 17.3 Å². The molecular weight excluding hydrogens is 296 g/mol. The highest BCUT2D eigenvalue weighted by Crippen LogP contribution is 2.28. The Labute approximate surface area is 135 Å². The lowest BCUT2D eigenvalue weighted by atomic mass is 9.97. The fraction of sp³-hybridized carbons (Fsp3) is 0.438. The largest absolute Gasteiger partial charge is 0.325 e. The summed E-state index contributed by atoms with van der Waals surface area (Å²) < 4.78 is 1.81. The lowest BCUT2D eigenvalue weighted by Crippen LogP contribution is -2.23. The molecule has 0 saturated carbocycles. The number of carbonyl (C=O) groups is 1. The molecule has 6 heteroatoms. The highest BCUT2D eigenvalue weighted by molar-refractivity contribution is 8.00. The Bertz CT molecular complexity index is 641. The van der Waals surface area contributed by atoms with E-state index in [1.807, 2.05) is 36.7 Å². The maximum atomic E-state index is 12.4. The third-order valence-corrected chi connectivity index (χ3v) is 4.83. The second-order valence-electron chi connectivity index (χ2n) is 5.37. The zero-order valence-corrected chi connectivity index (χ0v) is 14.2. The summed E-state index contributed by atoms with van der Waals surface area (Å²) in [7, 11) is 1.87. The molecule has 5 nitrogen and oxygen atoms in total. The summed E-state index contributed by atoms with van der Waals surface area (Å²) >= 11 is 1.40. The lowest BCUT2D eigenvalue weighted by molar-refractivity contribution is -0.115. The predicted molar refractivity (Wildman–Crippen MR) is 90.1 cm³/mol. The number of rotatable bonds is 6. The fourth-order valence-corrected chi connectivity index (χ4v) is 2.88. The lowest BCUT2D eigenvalue weighted by Gasteiger charge is -2.17. The van der Waals surface area contributed by atoms with Gasteiger partial charge in [0.1, 0.15) is 6.33 Å². The number of nitrogens with zero attached hydrogens (tertiary/aromatic N) is 3. The average Bonchev–Trinajstić information content (AvgIpc) is 2.92. The zero-order chi connectivity index (χ0) is 16.1. The second kappa shape index (κ2) is 7.45. The molecule has 0 aliphatic carbocycles. The van der Waals surface area contributed by atoms with Gasteiger partial charge in [-0.1, -0.05) is 43.8 Å². The van der Waals surface area contributed by atoms with Gasteiger partial charge >= 0.3 is 0 Å². The Hall–Kier alpha value is -1.82. The summed E-state index contributed by atoms with van der Waals surface area (Å²) in [4.78, 5) is 12.4. The first-order valence-electron chi connectivity index (χ1n) is 7.43. The van der Waals surface area contributed by atoms with Crippen LogP contribution in [0.3, 0.4) is 0 Å². The van der Waals surface area contributed by atoms with E-state index in [4.69, 9.17) is 0 Å². The molecule has 1 amide bonds. The van der Waals surface area contributed by atoms with Crippen molar-refractivity contribution in [2.75, 3.05) is 5.32 Å². The van der Waals surface area contributed by atoms with E-state index >= 15 is 0 Å². The zero-order valence-electron chi connectivity index (χ0n) is 13.4. The molecule has 0 bridgehead atoms. The van der Waals surface area contributed by atoms with E-state index in [0.717, 1.165) is 17.3 Å². The number of hydrogen-bond donors (Lipinski definition) is 1. The van der Waals surface area contributed by atoms with Gasteiger partial charge in [-0.3, -0.25) is 4.79 Å². The highest BCUT2D eigenvalue weighted by atomic mass is 32.2. The molecule has 1 aromatic carbocycles. The molecule has 0 saturated heterocycles. The first-order chi connectivity index (χ1) is 10.5. The van der Waals surface area contributed by atoms with Crippen molar-refractivity contribution in [3.63, 3.8) is 0 Å². The maximum absolute atomic E-state index is 12.4. The number of amides is 1. The van der Waals surface area contributed by atoms with Crippen LogP contribution in [0.15, 0.2) is 35.7 Å². The summed E-state index contributed by atoms with van der Waals surface area (Å²) in [6.45, 7) is 6.19. The van der Waals surface area contributed by atoms with Crippen LogP contribution in [0.25, 0.3) is 0 Å². The smallest absolute Gasteiger partial charge is 0.237 e. The van der Waals surface area contributed by atoms with Gasteiger partial charge in [-0.15, -0.1) is 10.2 Å². The van der Waals surface area contributed by atoms with Gasteiger partial charge in [0, 0.05) is 12.7 Å². The Morgan fingerprint density at radius 2 is 2.09 bits per heavy atom. The minimum atomic E-state index is -0.243. The summed E-state index contributed by atoms with van der Waals surface area (Å²) in [5, 5.41) is 11.4. The van der Waals surface area contributed by atoms with Crippen molar-refractivity contribution < 1.29 is 4.79 Å². The number of hydrogen-bond acceptors (Lipinski definition) is 4. The van der Waals surface area contributed by atoms with Gasteiger partial charge in [0.25, 0.3) is 0 Å². The monoisotopic (exact) mass is 318 g/mol. The van der Waals surface area contributed by atoms with Crippen LogP contribution < -0.4 is 5.32 Å². The molecule has 22 heavy (non-hydrogen) atoms. The van der Waals surface area contributed by atoms with Crippen molar-refractivity contribution in [3.05, 3.63) is 36.2 Å². The van der Waals surface area contributed by atoms with E-state index in [2.05, 4.69) is 35.4 Å². The Morgan fingerprint density at radius 3 is 2.73 bits per heavy atom. The van der Waals surface area contributed by atoms with E-state index < -0.39 is 0 Å². The van der Waals surface area contributed by atoms with Crippen molar-refractivity contribution >= 4 is 23.4 Å². The van der Waals surface area contributed by atoms with E-state index in [1.54, 1.807) is 6.33 Å². The third kappa shape index (κ3) is 3.88. The quantitative estimate of drug-likeness (QED) is 0.829. The molecular formula is C16H22N4OS. The Balaban J connectivity index is 2.07. The first kappa shape index (κ1) is 16.5. The van der Waals surface area contributed by atoms with Gasteiger partial charge in [0.2, 0.25) is 5.91 Å². The van der Waals surface area contributed by atoms with Gasteiger partial charge in [-0.05, 0) is 30.9 Å². The van der Waals surface area contributed by atoms with Gasteiger partial charge in [0.05, 0.1) is 5.25 Å². The number of anilines is 1. The molecule has 1 heterocycles. The molecule has 0 aliphatic heterocycles.